The molecular formula is C18H25N3. The van der Waals surface area contributed by atoms with Crippen LogP contribution in [0.1, 0.15) is 41.4 Å². The van der Waals surface area contributed by atoms with E-state index < -0.39 is 0 Å². The van der Waals surface area contributed by atoms with Gasteiger partial charge in [-0.3, -0.25) is 0 Å². The Morgan fingerprint density at radius 3 is 2.24 bits per heavy atom. The van der Waals surface area contributed by atoms with Crippen molar-refractivity contribution in [3.8, 4) is 11.3 Å². The van der Waals surface area contributed by atoms with E-state index in [0.29, 0.717) is 0 Å². The predicted molar refractivity (Wildman–Crippen MR) is 89.9 cm³/mol. The highest BCUT2D eigenvalue weighted by atomic mass is 15.0. The molecule has 1 aromatic carbocycles. The molecule has 0 saturated carbocycles. The molecule has 0 radical (unpaired) electrons. The summed E-state index contributed by atoms with van der Waals surface area (Å²) in [6.07, 6.45) is 1.08. The van der Waals surface area contributed by atoms with Crippen LogP contribution in [-0.4, -0.2) is 16.5 Å². The highest BCUT2D eigenvalue weighted by molar-refractivity contribution is 5.72. The number of anilines is 1. The molecule has 2 aromatic rings. The second-order valence-corrected chi connectivity index (χ2v) is 5.77. The fourth-order valence-electron chi connectivity index (χ4n) is 2.52. The quantitative estimate of drug-likeness (QED) is 0.897. The molecule has 21 heavy (non-hydrogen) atoms. The third-order valence-electron chi connectivity index (χ3n) is 3.90. The zero-order chi connectivity index (χ0) is 15.6. The summed E-state index contributed by atoms with van der Waals surface area (Å²) >= 11 is 0. The first-order valence-electron chi connectivity index (χ1n) is 7.61. The molecule has 0 amide bonds. The van der Waals surface area contributed by atoms with E-state index >= 15 is 0 Å². The van der Waals surface area contributed by atoms with Crippen molar-refractivity contribution in [2.24, 2.45) is 0 Å². The van der Waals surface area contributed by atoms with Crippen molar-refractivity contribution < 1.29 is 0 Å². The van der Waals surface area contributed by atoms with E-state index in [0.717, 1.165) is 35.9 Å². The molecule has 0 aliphatic heterocycles. The number of aromatic nitrogens is 2. The fraction of sp³-hybridized carbons (Fsp3) is 0.444. The lowest BCUT2D eigenvalue weighted by Crippen LogP contribution is -2.08. The molecule has 3 nitrogen and oxygen atoms in total. The van der Waals surface area contributed by atoms with Crippen LogP contribution >= 0.6 is 0 Å². The summed E-state index contributed by atoms with van der Waals surface area (Å²) < 4.78 is 0. The first kappa shape index (κ1) is 15.5. The van der Waals surface area contributed by atoms with Gasteiger partial charge < -0.3 is 5.32 Å². The maximum Gasteiger partial charge on any atom is 0.133 e. The Kier molecular flexibility index (Phi) is 4.61. The highest BCUT2D eigenvalue weighted by Gasteiger charge is 2.13. The number of rotatable bonds is 4. The van der Waals surface area contributed by atoms with Gasteiger partial charge in [0.1, 0.15) is 11.6 Å². The molecule has 1 heterocycles. The minimum atomic E-state index is 0.812. The van der Waals surface area contributed by atoms with Crippen LogP contribution < -0.4 is 5.32 Å². The van der Waals surface area contributed by atoms with Gasteiger partial charge in [-0.2, -0.15) is 0 Å². The van der Waals surface area contributed by atoms with E-state index in [1.165, 1.54) is 22.3 Å². The van der Waals surface area contributed by atoms with Crippen molar-refractivity contribution in [1.82, 2.24) is 9.97 Å². The molecule has 0 aliphatic carbocycles. The van der Waals surface area contributed by atoms with Gasteiger partial charge in [0.25, 0.3) is 0 Å². The summed E-state index contributed by atoms with van der Waals surface area (Å²) in [6.45, 7) is 13.6. The van der Waals surface area contributed by atoms with Gasteiger partial charge in [-0.05, 0) is 63.8 Å². The molecule has 0 bridgehead atoms. The second-order valence-electron chi connectivity index (χ2n) is 5.77. The molecule has 0 aliphatic rings. The molecule has 0 spiro atoms. The lowest BCUT2D eigenvalue weighted by Gasteiger charge is -2.15. The van der Waals surface area contributed by atoms with Crippen LogP contribution in [0.5, 0.6) is 0 Å². The van der Waals surface area contributed by atoms with Gasteiger partial charge in [-0.1, -0.05) is 13.0 Å². The molecule has 3 heteroatoms. The van der Waals surface area contributed by atoms with E-state index in [2.05, 4.69) is 57.1 Å². The monoisotopic (exact) mass is 283 g/mol. The fourth-order valence-corrected chi connectivity index (χ4v) is 2.52. The maximum absolute atomic E-state index is 4.69. The van der Waals surface area contributed by atoms with Crippen LogP contribution in [0.2, 0.25) is 0 Å². The van der Waals surface area contributed by atoms with Gasteiger partial charge in [0.15, 0.2) is 0 Å². The lowest BCUT2D eigenvalue weighted by atomic mass is 9.96. The normalized spacial score (nSPS) is 10.8. The van der Waals surface area contributed by atoms with Crippen molar-refractivity contribution in [3.63, 3.8) is 0 Å². The number of hydrogen-bond donors (Lipinski definition) is 1. The van der Waals surface area contributed by atoms with E-state index in [1.807, 2.05) is 6.92 Å². The van der Waals surface area contributed by atoms with E-state index in [4.69, 9.17) is 4.98 Å². The number of nitrogens with one attached hydrogen (secondary N) is 1. The van der Waals surface area contributed by atoms with Crippen molar-refractivity contribution in [3.05, 3.63) is 40.2 Å². The Bertz CT molecular complexity index is 660. The van der Waals surface area contributed by atoms with Gasteiger partial charge in [-0.15, -0.1) is 0 Å². The first-order chi connectivity index (χ1) is 9.93. The van der Waals surface area contributed by atoms with E-state index in [-0.39, 0.29) is 0 Å². The SMILES string of the molecule is CCCNc1nc(C)nc(-c2cc(C)c(C)cc2C)c1C. The molecule has 1 aromatic heterocycles. The third-order valence-corrected chi connectivity index (χ3v) is 3.90. The van der Waals surface area contributed by atoms with Crippen LogP contribution in [0.4, 0.5) is 5.82 Å². The van der Waals surface area contributed by atoms with Crippen LogP contribution in [-0.2, 0) is 0 Å². The van der Waals surface area contributed by atoms with Crippen LogP contribution in [0, 0.1) is 34.6 Å². The average molecular weight is 283 g/mol. The molecule has 0 fully saturated rings. The van der Waals surface area contributed by atoms with Crippen molar-refractivity contribution in [2.45, 2.75) is 48.0 Å². The van der Waals surface area contributed by atoms with E-state index in [1.54, 1.807) is 0 Å². The molecule has 0 saturated heterocycles. The number of nitrogens with zero attached hydrogens (tertiary/aromatic N) is 2. The first-order valence-corrected chi connectivity index (χ1v) is 7.61. The maximum atomic E-state index is 4.69. The van der Waals surface area contributed by atoms with Gasteiger partial charge in [0.2, 0.25) is 0 Å². The summed E-state index contributed by atoms with van der Waals surface area (Å²) in [5.74, 6) is 1.77. The van der Waals surface area contributed by atoms with Gasteiger partial charge in [0.05, 0.1) is 5.69 Å². The van der Waals surface area contributed by atoms with Crippen molar-refractivity contribution >= 4 is 5.82 Å². The van der Waals surface area contributed by atoms with Crippen LogP contribution in [0.15, 0.2) is 12.1 Å². The number of benzene rings is 1. The summed E-state index contributed by atoms with van der Waals surface area (Å²) in [5.41, 5.74) is 7.27. The highest BCUT2D eigenvalue weighted by Crippen LogP contribution is 2.30. The molecular weight excluding hydrogens is 258 g/mol. The van der Waals surface area contributed by atoms with Gasteiger partial charge >= 0.3 is 0 Å². The summed E-state index contributed by atoms with van der Waals surface area (Å²) in [7, 11) is 0. The van der Waals surface area contributed by atoms with Gasteiger partial charge in [0, 0.05) is 17.7 Å². The lowest BCUT2D eigenvalue weighted by molar-refractivity contribution is 0.947. The van der Waals surface area contributed by atoms with E-state index in [9.17, 15) is 0 Å². The van der Waals surface area contributed by atoms with Crippen LogP contribution in [0.25, 0.3) is 11.3 Å². The number of hydrogen-bond acceptors (Lipinski definition) is 3. The Balaban J connectivity index is 2.58. The Labute approximate surface area is 127 Å². The topological polar surface area (TPSA) is 37.8 Å². The van der Waals surface area contributed by atoms with Crippen molar-refractivity contribution in [1.29, 1.82) is 0 Å². The smallest absolute Gasteiger partial charge is 0.133 e. The molecule has 1 N–H and O–H groups in total. The molecule has 112 valence electrons. The summed E-state index contributed by atoms with van der Waals surface area (Å²) in [4.78, 5) is 9.24. The Morgan fingerprint density at radius 1 is 0.905 bits per heavy atom. The second kappa shape index (κ2) is 6.25. The summed E-state index contributed by atoms with van der Waals surface area (Å²) in [6, 6.07) is 4.48. The zero-order valence-corrected chi connectivity index (χ0v) is 14.0. The Hall–Kier alpha value is -1.90. The molecule has 2 rings (SSSR count). The average Bonchev–Trinajstić information content (AvgIpc) is 2.43. The summed E-state index contributed by atoms with van der Waals surface area (Å²) in [5, 5.41) is 3.41. The predicted octanol–water partition coefficient (Wildman–Crippen LogP) is 4.51. The zero-order valence-electron chi connectivity index (χ0n) is 14.0. The largest absolute Gasteiger partial charge is 0.370 e. The van der Waals surface area contributed by atoms with Crippen LogP contribution in [0.3, 0.4) is 0 Å². The minimum Gasteiger partial charge on any atom is -0.370 e. The minimum absolute atomic E-state index is 0.812. The third kappa shape index (κ3) is 3.23. The van der Waals surface area contributed by atoms with Crippen molar-refractivity contribution in [2.75, 3.05) is 11.9 Å². The number of aryl methyl sites for hydroxylation is 4. The molecule has 0 atom stereocenters. The Morgan fingerprint density at radius 2 is 1.57 bits per heavy atom. The van der Waals surface area contributed by atoms with Gasteiger partial charge in [-0.25, -0.2) is 9.97 Å². The molecule has 0 unspecified atom stereocenters. The standard InChI is InChI=1S/C18H25N3/c1-7-8-19-18-14(5)17(20-15(6)21-18)16-10-12(3)11(2)9-13(16)4/h9-10H,7-8H2,1-6H3,(H,19,20,21).